The van der Waals surface area contributed by atoms with Gasteiger partial charge in [-0.2, -0.15) is 0 Å². The van der Waals surface area contributed by atoms with Gasteiger partial charge >= 0.3 is 5.97 Å². The highest BCUT2D eigenvalue weighted by atomic mass is 32.2. The van der Waals surface area contributed by atoms with Gasteiger partial charge in [-0.1, -0.05) is 6.07 Å². The number of carboxylic acid groups (broad SMARTS) is 1. The third-order valence-electron chi connectivity index (χ3n) is 5.58. The lowest BCUT2D eigenvalue weighted by Gasteiger charge is -2.20. The number of benzene rings is 2. The van der Waals surface area contributed by atoms with Gasteiger partial charge in [-0.25, -0.2) is 8.42 Å². The first kappa shape index (κ1) is 22.6. The molecule has 1 atom stereocenters. The molecule has 3 aromatic rings. The zero-order valence-corrected chi connectivity index (χ0v) is 18.9. The van der Waals surface area contributed by atoms with Crippen LogP contribution < -0.4 is 13.8 Å². The van der Waals surface area contributed by atoms with Crippen molar-refractivity contribution in [1.29, 1.82) is 0 Å². The summed E-state index contributed by atoms with van der Waals surface area (Å²) in [6.07, 6.45) is 3.68. The van der Waals surface area contributed by atoms with Crippen molar-refractivity contribution in [1.82, 2.24) is 4.98 Å². The van der Waals surface area contributed by atoms with Crippen molar-refractivity contribution >= 4 is 21.7 Å². The number of anilines is 1. The highest BCUT2D eigenvalue weighted by Crippen LogP contribution is 2.43. The van der Waals surface area contributed by atoms with Crippen LogP contribution in [0.4, 0.5) is 5.69 Å². The van der Waals surface area contributed by atoms with Gasteiger partial charge in [0.1, 0.15) is 18.1 Å². The molecule has 8 nitrogen and oxygen atoms in total. The Morgan fingerprint density at radius 3 is 2.58 bits per heavy atom. The topological polar surface area (TPSA) is 106 Å². The first-order valence-electron chi connectivity index (χ1n) is 10.4. The highest BCUT2D eigenvalue weighted by Gasteiger charge is 2.37. The maximum absolute atomic E-state index is 13.5. The van der Waals surface area contributed by atoms with Crippen LogP contribution in [0.1, 0.15) is 29.9 Å². The van der Waals surface area contributed by atoms with Gasteiger partial charge in [0.15, 0.2) is 0 Å². The molecule has 0 fully saturated rings. The maximum atomic E-state index is 13.5. The van der Waals surface area contributed by atoms with Crippen LogP contribution in [0.5, 0.6) is 11.5 Å². The number of methoxy groups -OCH3 is 1. The average molecular weight is 469 g/mol. The van der Waals surface area contributed by atoms with Crippen LogP contribution in [-0.2, 0) is 21.4 Å². The molecule has 1 unspecified atom stereocenters. The maximum Gasteiger partial charge on any atom is 0.303 e. The smallest absolute Gasteiger partial charge is 0.303 e. The van der Waals surface area contributed by atoms with Crippen LogP contribution >= 0.6 is 0 Å². The summed E-state index contributed by atoms with van der Waals surface area (Å²) < 4.78 is 39.3. The van der Waals surface area contributed by atoms with E-state index in [9.17, 15) is 13.2 Å². The molecule has 0 spiro atoms. The molecule has 9 heteroatoms. The number of pyridine rings is 1. The number of rotatable bonds is 9. The SMILES string of the molecule is COc1ccc2c(c1)C(CCC(=O)O)CN2S(=O)(=O)c1ccc(OCc2cccnc2)cc1. The molecule has 1 N–H and O–H groups in total. The fraction of sp³-hybridized carbons (Fsp3) is 0.250. The summed E-state index contributed by atoms with van der Waals surface area (Å²) in [7, 11) is -2.31. The summed E-state index contributed by atoms with van der Waals surface area (Å²) in [5, 5.41) is 9.10. The Bertz CT molecular complexity index is 1230. The summed E-state index contributed by atoms with van der Waals surface area (Å²) in [5.41, 5.74) is 2.23. The van der Waals surface area contributed by atoms with E-state index in [1.165, 1.54) is 23.5 Å². The van der Waals surface area contributed by atoms with E-state index in [1.807, 2.05) is 12.1 Å². The fourth-order valence-corrected chi connectivity index (χ4v) is 5.40. The van der Waals surface area contributed by atoms with Crippen LogP contribution in [0.2, 0.25) is 0 Å². The van der Waals surface area contributed by atoms with Crippen LogP contribution in [0, 0.1) is 0 Å². The Morgan fingerprint density at radius 2 is 1.91 bits per heavy atom. The summed E-state index contributed by atoms with van der Waals surface area (Å²) in [6, 6.07) is 15.2. The normalized spacial score (nSPS) is 15.2. The Balaban J connectivity index is 1.55. The second-order valence-corrected chi connectivity index (χ2v) is 9.57. The number of carboxylic acids is 1. The zero-order valence-electron chi connectivity index (χ0n) is 18.0. The summed E-state index contributed by atoms with van der Waals surface area (Å²) >= 11 is 0. The van der Waals surface area contributed by atoms with Gasteiger partial charge in [0.2, 0.25) is 0 Å². The Hall–Kier alpha value is -3.59. The molecule has 0 bridgehead atoms. The van der Waals surface area contributed by atoms with Crippen molar-refractivity contribution in [3.63, 3.8) is 0 Å². The van der Waals surface area contributed by atoms with Gasteiger partial charge in [-0.05, 0) is 60.5 Å². The summed E-state index contributed by atoms with van der Waals surface area (Å²) in [4.78, 5) is 15.3. The van der Waals surface area contributed by atoms with Crippen LogP contribution in [0.25, 0.3) is 0 Å². The van der Waals surface area contributed by atoms with Crippen molar-refractivity contribution in [2.75, 3.05) is 18.0 Å². The van der Waals surface area contributed by atoms with E-state index in [2.05, 4.69) is 4.98 Å². The van der Waals surface area contributed by atoms with E-state index in [1.54, 1.807) is 42.7 Å². The fourth-order valence-electron chi connectivity index (χ4n) is 3.87. The molecular formula is C24H24N2O6S. The van der Waals surface area contributed by atoms with E-state index in [-0.39, 0.29) is 23.8 Å². The summed E-state index contributed by atoms with van der Waals surface area (Å²) in [5.74, 6) is -0.00201. The monoisotopic (exact) mass is 468 g/mol. The van der Waals surface area contributed by atoms with Gasteiger partial charge in [-0.15, -0.1) is 0 Å². The van der Waals surface area contributed by atoms with E-state index in [0.29, 0.717) is 30.2 Å². The number of carbonyl (C=O) groups is 1. The quantitative estimate of drug-likeness (QED) is 0.509. The Morgan fingerprint density at radius 1 is 1.15 bits per heavy atom. The largest absolute Gasteiger partial charge is 0.497 e. The average Bonchev–Trinajstić information content (AvgIpc) is 3.21. The molecule has 0 aliphatic carbocycles. The first-order valence-corrected chi connectivity index (χ1v) is 11.9. The van der Waals surface area contributed by atoms with Crippen molar-refractivity contribution in [3.8, 4) is 11.5 Å². The molecule has 0 saturated carbocycles. The minimum absolute atomic E-state index is 0.0435. The second kappa shape index (κ2) is 9.50. The molecule has 2 heterocycles. The standard InChI is InChI=1S/C24H24N2O6S/c1-31-20-7-10-23-22(13-20)18(4-11-24(27)28)15-26(23)33(29,30)21-8-5-19(6-9-21)32-16-17-3-2-12-25-14-17/h2-3,5-10,12-14,18H,4,11,15-16H2,1H3,(H,27,28). The lowest BCUT2D eigenvalue weighted by molar-refractivity contribution is -0.137. The van der Waals surface area contributed by atoms with Gasteiger partial charge in [0, 0.05) is 36.8 Å². The number of hydrogen-bond acceptors (Lipinski definition) is 6. The molecule has 0 radical (unpaired) electrons. The van der Waals surface area contributed by atoms with Crippen molar-refractivity contribution < 1.29 is 27.8 Å². The third kappa shape index (κ3) is 4.93. The number of sulfonamides is 1. The number of nitrogens with zero attached hydrogens (tertiary/aromatic N) is 2. The molecule has 1 aliphatic rings. The predicted molar refractivity (Wildman–Crippen MR) is 122 cm³/mol. The van der Waals surface area contributed by atoms with Crippen LogP contribution in [-0.4, -0.2) is 38.1 Å². The zero-order chi connectivity index (χ0) is 23.4. The molecule has 33 heavy (non-hydrogen) atoms. The number of aromatic nitrogens is 1. The molecule has 0 amide bonds. The van der Waals surface area contributed by atoms with Crippen LogP contribution in [0.15, 0.2) is 71.9 Å². The number of hydrogen-bond donors (Lipinski definition) is 1. The third-order valence-corrected chi connectivity index (χ3v) is 7.37. The van der Waals surface area contributed by atoms with Gasteiger partial charge in [0.05, 0.1) is 17.7 Å². The van der Waals surface area contributed by atoms with E-state index >= 15 is 0 Å². The first-order chi connectivity index (χ1) is 15.9. The molecule has 1 aromatic heterocycles. The van der Waals surface area contributed by atoms with Gasteiger partial charge < -0.3 is 14.6 Å². The Labute approximate surface area is 192 Å². The minimum atomic E-state index is -3.85. The van der Waals surface area contributed by atoms with E-state index < -0.39 is 16.0 Å². The molecule has 2 aromatic carbocycles. The van der Waals surface area contributed by atoms with Crippen molar-refractivity contribution in [3.05, 3.63) is 78.1 Å². The van der Waals surface area contributed by atoms with E-state index in [4.69, 9.17) is 14.6 Å². The molecular weight excluding hydrogens is 444 g/mol. The van der Waals surface area contributed by atoms with E-state index in [0.717, 1.165) is 11.1 Å². The van der Waals surface area contributed by atoms with Gasteiger partial charge in [0.25, 0.3) is 10.0 Å². The lowest BCUT2D eigenvalue weighted by Crippen LogP contribution is -2.30. The molecule has 172 valence electrons. The minimum Gasteiger partial charge on any atom is -0.497 e. The van der Waals surface area contributed by atoms with Crippen molar-refractivity contribution in [2.45, 2.75) is 30.3 Å². The molecule has 0 saturated heterocycles. The number of aliphatic carboxylic acids is 1. The number of fused-ring (bicyclic) bond motifs is 1. The highest BCUT2D eigenvalue weighted by molar-refractivity contribution is 7.92. The van der Waals surface area contributed by atoms with Crippen molar-refractivity contribution in [2.24, 2.45) is 0 Å². The number of ether oxygens (including phenoxy) is 2. The molecule has 4 rings (SSSR count). The van der Waals surface area contributed by atoms with Crippen LogP contribution in [0.3, 0.4) is 0 Å². The second-order valence-electron chi connectivity index (χ2n) is 7.71. The lowest BCUT2D eigenvalue weighted by atomic mass is 9.96. The predicted octanol–water partition coefficient (Wildman–Crippen LogP) is 3.83. The van der Waals surface area contributed by atoms with Gasteiger partial charge in [-0.3, -0.25) is 14.1 Å². The molecule has 1 aliphatic heterocycles. The Kier molecular flexibility index (Phi) is 6.50. The summed E-state index contributed by atoms with van der Waals surface area (Å²) in [6.45, 7) is 0.504.